The molecule has 5 heteroatoms. The van der Waals surface area contributed by atoms with Crippen LogP contribution in [0.2, 0.25) is 0 Å². The van der Waals surface area contributed by atoms with Crippen molar-refractivity contribution in [1.82, 2.24) is 15.1 Å². The predicted octanol–water partition coefficient (Wildman–Crippen LogP) is 2.49. The van der Waals surface area contributed by atoms with Crippen molar-refractivity contribution in [3.8, 4) is 0 Å². The van der Waals surface area contributed by atoms with Crippen LogP contribution < -0.4 is 5.32 Å². The summed E-state index contributed by atoms with van der Waals surface area (Å²) < 4.78 is 12.9. The smallest absolute Gasteiger partial charge is 0.319 e. The number of urea groups is 1. The summed E-state index contributed by atoms with van der Waals surface area (Å²) >= 11 is 0. The number of piperazine rings is 1. The van der Waals surface area contributed by atoms with Crippen molar-refractivity contribution in [2.75, 3.05) is 33.7 Å². The lowest BCUT2D eigenvalue weighted by atomic mass is 10.0. The number of halogens is 1. The standard InChI is InChI=1S/C17H26FN3O/c1-20(2)17(22)21-12-11-19-13-16(21)6-4-3-5-14-7-9-15(18)10-8-14/h7-10,16,19H,3-6,11-13H2,1-2H3. The van der Waals surface area contributed by atoms with Gasteiger partial charge in [0.1, 0.15) is 5.82 Å². The van der Waals surface area contributed by atoms with Gasteiger partial charge in [-0.2, -0.15) is 0 Å². The Morgan fingerprint density at radius 2 is 2.05 bits per heavy atom. The number of carbonyl (C=O) groups excluding carboxylic acids is 1. The van der Waals surface area contributed by atoms with Crippen LogP contribution in [0.25, 0.3) is 0 Å². The number of hydrogen-bond donors (Lipinski definition) is 1. The molecule has 1 heterocycles. The van der Waals surface area contributed by atoms with Gasteiger partial charge in [-0.25, -0.2) is 9.18 Å². The number of nitrogens with one attached hydrogen (secondary N) is 1. The fraction of sp³-hybridized carbons (Fsp3) is 0.588. The van der Waals surface area contributed by atoms with Crippen LogP contribution in [-0.2, 0) is 6.42 Å². The molecule has 0 aliphatic carbocycles. The van der Waals surface area contributed by atoms with E-state index >= 15 is 0 Å². The predicted molar refractivity (Wildman–Crippen MR) is 86.4 cm³/mol. The second kappa shape index (κ2) is 8.13. The van der Waals surface area contributed by atoms with Crippen LogP contribution in [0.5, 0.6) is 0 Å². The molecule has 1 atom stereocenters. The molecule has 22 heavy (non-hydrogen) atoms. The molecule has 122 valence electrons. The van der Waals surface area contributed by atoms with E-state index in [1.54, 1.807) is 19.0 Å². The van der Waals surface area contributed by atoms with Crippen molar-refractivity contribution >= 4 is 6.03 Å². The molecule has 1 aliphatic heterocycles. The van der Waals surface area contributed by atoms with Gasteiger partial charge in [0.15, 0.2) is 0 Å². The van der Waals surface area contributed by atoms with Gasteiger partial charge < -0.3 is 15.1 Å². The summed E-state index contributed by atoms with van der Waals surface area (Å²) in [4.78, 5) is 15.8. The van der Waals surface area contributed by atoms with Gasteiger partial charge in [0, 0.05) is 39.8 Å². The molecule has 1 fully saturated rings. The molecule has 0 saturated carbocycles. The van der Waals surface area contributed by atoms with Gasteiger partial charge >= 0.3 is 6.03 Å². The third kappa shape index (κ3) is 4.70. The van der Waals surface area contributed by atoms with Gasteiger partial charge in [0.25, 0.3) is 0 Å². The lowest BCUT2D eigenvalue weighted by Crippen LogP contribution is -2.56. The Labute approximate surface area is 132 Å². The number of aryl methyl sites for hydroxylation is 1. The summed E-state index contributed by atoms with van der Waals surface area (Å²) in [6, 6.07) is 7.09. The third-order valence-corrected chi connectivity index (χ3v) is 4.14. The van der Waals surface area contributed by atoms with Crippen LogP contribution >= 0.6 is 0 Å². The van der Waals surface area contributed by atoms with E-state index in [9.17, 15) is 9.18 Å². The third-order valence-electron chi connectivity index (χ3n) is 4.14. The highest BCUT2D eigenvalue weighted by molar-refractivity contribution is 5.74. The summed E-state index contributed by atoms with van der Waals surface area (Å²) in [5.74, 6) is -0.185. The number of amides is 2. The van der Waals surface area contributed by atoms with Crippen molar-refractivity contribution in [2.24, 2.45) is 0 Å². The summed E-state index contributed by atoms with van der Waals surface area (Å²) in [5.41, 5.74) is 1.17. The molecule has 1 N–H and O–H groups in total. The quantitative estimate of drug-likeness (QED) is 0.848. The van der Waals surface area contributed by atoms with E-state index in [-0.39, 0.29) is 17.9 Å². The average Bonchev–Trinajstić information content (AvgIpc) is 2.53. The summed E-state index contributed by atoms with van der Waals surface area (Å²) in [5, 5.41) is 3.37. The topological polar surface area (TPSA) is 35.6 Å². The zero-order valence-electron chi connectivity index (χ0n) is 13.5. The summed E-state index contributed by atoms with van der Waals surface area (Å²) in [7, 11) is 3.60. The monoisotopic (exact) mass is 307 g/mol. The maximum absolute atomic E-state index is 12.9. The van der Waals surface area contributed by atoms with Gasteiger partial charge in [0.05, 0.1) is 0 Å². The molecule has 1 aromatic carbocycles. The van der Waals surface area contributed by atoms with E-state index in [0.29, 0.717) is 0 Å². The van der Waals surface area contributed by atoms with Crippen LogP contribution in [0.15, 0.2) is 24.3 Å². The minimum atomic E-state index is -0.185. The van der Waals surface area contributed by atoms with Gasteiger partial charge in [-0.05, 0) is 37.0 Å². The summed E-state index contributed by atoms with van der Waals surface area (Å²) in [6.45, 7) is 2.52. The Bertz CT molecular complexity index is 475. The number of rotatable bonds is 5. The van der Waals surface area contributed by atoms with E-state index in [4.69, 9.17) is 0 Å². The van der Waals surface area contributed by atoms with Crippen molar-refractivity contribution in [3.05, 3.63) is 35.6 Å². The van der Waals surface area contributed by atoms with Gasteiger partial charge in [-0.1, -0.05) is 18.6 Å². The number of unbranched alkanes of at least 4 members (excludes halogenated alkanes) is 1. The van der Waals surface area contributed by atoms with Crippen molar-refractivity contribution in [3.63, 3.8) is 0 Å². The Morgan fingerprint density at radius 1 is 1.32 bits per heavy atom. The highest BCUT2D eigenvalue weighted by Gasteiger charge is 2.26. The number of hydrogen-bond acceptors (Lipinski definition) is 2. The van der Waals surface area contributed by atoms with Crippen LogP contribution in [0.4, 0.5) is 9.18 Å². The summed E-state index contributed by atoms with van der Waals surface area (Å²) in [6.07, 6.45) is 4.10. The van der Waals surface area contributed by atoms with Crippen molar-refractivity contribution in [1.29, 1.82) is 0 Å². The zero-order valence-corrected chi connectivity index (χ0v) is 13.5. The second-order valence-electron chi connectivity index (χ2n) is 6.10. The Morgan fingerprint density at radius 3 is 2.73 bits per heavy atom. The number of nitrogens with zero attached hydrogens (tertiary/aromatic N) is 2. The minimum absolute atomic E-state index is 0.102. The number of benzene rings is 1. The first-order valence-electron chi connectivity index (χ1n) is 8.01. The van der Waals surface area contributed by atoms with Gasteiger partial charge in [-0.15, -0.1) is 0 Å². The van der Waals surface area contributed by atoms with Crippen molar-refractivity contribution in [2.45, 2.75) is 31.7 Å². The molecule has 0 bridgehead atoms. The van der Waals surface area contributed by atoms with Gasteiger partial charge in [0.2, 0.25) is 0 Å². The van der Waals surface area contributed by atoms with E-state index in [1.165, 1.54) is 17.7 Å². The average molecular weight is 307 g/mol. The fourth-order valence-corrected chi connectivity index (χ4v) is 2.89. The molecule has 2 amide bonds. The van der Waals surface area contributed by atoms with E-state index in [0.717, 1.165) is 45.3 Å². The fourth-order valence-electron chi connectivity index (χ4n) is 2.89. The Hall–Kier alpha value is -1.62. The molecule has 2 rings (SSSR count). The first-order chi connectivity index (χ1) is 10.6. The Kier molecular flexibility index (Phi) is 6.19. The Balaban J connectivity index is 1.76. The SMILES string of the molecule is CN(C)C(=O)N1CCNCC1CCCCc1ccc(F)cc1. The zero-order chi connectivity index (χ0) is 15.9. The highest BCUT2D eigenvalue weighted by Crippen LogP contribution is 2.15. The number of carbonyl (C=O) groups is 1. The molecular weight excluding hydrogens is 281 g/mol. The molecule has 1 unspecified atom stereocenters. The first-order valence-corrected chi connectivity index (χ1v) is 8.01. The largest absolute Gasteiger partial charge is 0.331 e. The first kappa shape index (κ1) is 16.7. The highest BCUT2D eigenvalue weighted by atomic mass is 19.1. The lowest BCUT2D eigenvalue weighted by Gasteiger charge is -2.37. The molecule has 0 aromatic heterocycles. The molecule has 0 spiro atoms. The lowest BCUT2D eigenvalue weighted by molar-refractivity contribution is 0.130. The molecule has 4 nitrogen and oxygen atoms in total. The van der Waals surface area contributed by atoms with Crippen LogP contribution in [-0.4, -0.2) is 55.6 Å². The maximum atomic E-state index is 12.9. The minimum Gasteiger partial charge on any atom is -0.331 e. The van der Waals surface area contributed by atoms with Crippen LogP contribution in [0, 0.1) is 5.82 Å². The molecule has 0 radical (unpaired) electrons. The van der Waals surface area contributed by atoms with E-state index < -0.39 is 0 Å². The molecular formula is C17H26FN3O. The molecule has 1 aromatic rings. The normalized spacial score (nSPS) is 18.3. The maximum Gasteiger partial charge on any atom is 0.319 e. The van der Waals surface area contributed by atoms with E-state index in [2.05, 4.69) is 5.32 Å². The molecule has 1 saturated heterocycles. The molecule has 1 aliphatic rings. The van der Waals surface area contributed by atoms with Crippen LogP contribution in [0.3, 0.4) is 0 Å². The van der Waals surface area contributed by atoms with E-state index in [1.807, 2.05) is 17.0 Å². The van der Waals surface area contributed by atoms with Crippen molar-refractivity contribution < 1.29 is 9.18 Å². The second-order valence-corrected chi connectivity index (χ2v) is 6.10. The van der Waals surface area contributed by atoms with Crippen LogP contribution in [0.1, 0.15) is 24.8 Å². The van der Waals surface area contributed by atoms with Gasteiger partial charge in [-0.3, -0.25) is 0 Å².